The molecule has 0 bridgehead atoms. The van der Waals surface area contributed by atoms with E-state index >= 15 is 0 Å². The van der Waals surface area contributed by atoms with Gasteiger partial charge in [0.05, 0.1) is 12.7 Å². The molecule has 0 aliphatic heterocycles. The molecule has 21 heavy (non-hydrogen) atoms. The predicted molar refractivity (Wildman–Crippen MR) is 81.0 cm³/mol. The van der Waals surface area contributed by atoms with Crippen LogP contribution in [0.2, 0.25) is 0 Å². The van der Waals surface area contributed by atoms with Crippen molar-refractivity contribution in [2.75, 3.05) is 7.11 Å². The molecule has 0 atom stereocenters. The maximum atomic E-state index is 13.8. The molecule has 2 aromatic carbocycles. The Balaban J connectivity index is 2.08. The molecule has 0 aromatic heterocycles. The first-order valence-corrected chi connectivity index (χ1v) is 7.06. The Bertz CT molecular complexity index is 671. The second-order valence-electron chi connectivity index (χ2n) is 4.51. The lowest BCUT2D eigenvalue weighted by atomic mass is 10.1. The maximum absolute atomic E-state index is 13.8. The van der Waals surface area contributed by atoms with E-state index < -0.39 is 11.8 Å². The van der Waals surface area contributed by atoms with Crippen LogP contribution in [0.4, 0.5) is 4.39 Å². The fourth-order valence-corrected chi connectivity index (χ4v) is 2.04. The van der Waals surface area contributed by atoms with Gasteiger partial charge >= 0.3 is 5.97 Å². The zero-order valence-electron chi connectivity index (χ0n) is 11.7. The van der Waals surface area contributed by atoms with Crippen LogP contribution in [0.25, 0.3) is 0 Å². The van der Waals surface area contributed by atoms with E-state index in [4.69, 9.17) is 4.74 Å². The van der Waals surface area contributed by atoms with Crippen molar-refractivity contribution in [2.24, 2.45) is 0 Å². The smallest absolute Gasteiger partial charge is 0.340 e. The summed E-state index contributed by atoms with van der Waals surface area (Å²) in [5.41, 5.74) is 1.61. The zero-order chi connectivity index (χ0) is 15.4. The summed E-state index contributed by atoms with van der Waals surface area (Å²) in [5.74, 6) is -0.605. The number of ether oxygens (including phenoxy) is 2. The highest BCUT2D eigenvalue weighted by Crippen LogP contribution is 2.22. The Labute approximate surface area is 130 Å². The molecular formula is C16H14BrFO3. The number of rotatable bonds is 4. The number of methoxy groups -OCH3 is 1. The van der Waals surface area contributed by atoms with Crippen molar-refractivity contribution in [1.29, 1.82) is 0 Å². The van der Waals surface area contributed by atoms with Crippen molar-refractivity contribution in [2.45, 2.75) is 13.5 Å². The van der Waals surface area contributed by atoms with Crippen molar-refractivity contribution in [3.63, 3.8) is 0 Å². The number of benzene rings is 2. The second-order valence-corrected chi connectivity index (χ2v) is 5.36. The highest BCUT2D eigenvalue weighted by molar-refractivity contribution is 9.10. The average Bonchev–Trinajstić information content (AvgIpc) is 2.48. The van der Waals surface area contributed by atoms with E-state index in [1.165, 1.54) is 19.2 Å². The first-order valence-electron chi connectivity index (χ1n) is 6.27. The maximum Gasteiger partial charge on any atom is 0.340 e. The lowest BCUT2D eigenvalue weighted by Gasteiger charge is -2.09. The van der Waals surface area contributed by atoms with E-state index in [0.29, 0.717) is 11.3 Å². The van der Waals surface area contributed by atoms with Gasteiger partial charge < -0.3 is 9.47 Å². The van der Waals surface area contributed by atoms with E-state index in [9.17, 15) is 9.18 Å². The molecule has 0 unspecified atom stereocenters. The summed E-state index contributed by atoms with van der Waals surface area (Å²) in [6.07, 6.45) is 0. The van der Waals surface area contributed by atoms with Crippen LogP contribution in [-0.2, 0) is 11.3 Å². The molecule has 0 spiro atoms. The van der Waals surface area contributed by atoms with Crippen molar-refractivity contribution in [3.05, 3.63) is 63.4 Å². The highest BCUT2D eigenvalue weighted by atomic mass is 79.9. The summed E-state index contributed by atoms with van der Waals surface area (Å²) in [6.45, 7) is 2.18. The van der Waals surface area contributed by atoms with Gasteiger partial charge in [-0.15, -0.1) is 0 Å². The first kappa shape index (κ1) is 15.5. The number of hydrogen-bond donors (Lipinski definition) is 0. The fourth-order valence-electron chi connectivity index (χ4n) is 1.80. The number of carbonyl (C=O) groups excluding carboxylic acids is 1. The van der Waals surface area contributed by atoms with E-state index in [2.05, 4.69) is 20.7 Å². The van der Waals surface area contributed by atoms with Crippen LogP contribution in [-0.4, -0.2) is 13.1 Å². The van der Waals surface area contributed by atoms with E-state index in [1.807, 2.05) is 25.1 Å². The van der Waals surface area contributed by atoms with Gasteiger partial charge in [-0.25, -0.2) is 9.18 Å². The van der Waals surface area contributed by atoms with E-state index in [0.717, 1.165) is 10.0 Å². The Morgan fingerprint density at radius 1 is 1.24 bits per heavy atom. The molecule has 0 fully saturated rings. The number of aryl methyl sites for hydroxylation is 1. The van der Waals surface area contributed by atoms with Gasteiger partial charge in [-0.05, 0) is 48.4 Å². The Morgan fingerprint density at radius 3 is 2.62 bits per heavy atom. The molecule has 0 aliphatic carbocycles. The van der Waals surface area contributed by atoms with Crippen LogP contribution in [0.1, 0.15) is 21.5 Å². The molecule has 0 saturated carbocycles. The Morgan fingerprint density at radius 2 is 2.00 bits per heavy atom. The molecule has 0 heterocycles. The summed E-state index contributed by atoms with van der Waals surface area (Å²) >= 11 is 3.41. The Kier molecular flexibility index (Phi) is 4.96. The quantitative estimate of drug-likeness (QED) is 0.771. The topological polar surface area (TPSA) is 35.5 Å². The molecule has 0 saturated heterocycles. The molecule has 0 amide bonds. The third kappa shape index (κ3) is 3.82. The van der Waals surface area contributed by atoms with Gasteiger partial charge in [0.2, 0.25) is 0 Å². The molecule has 0 aliphatic rings. The molecule has 5 heteroatoms. The monoisotopic (exact) mass is 352 g/mol. The van der Waals surface area contributed by atoms with Crippen LogP contribution in [0.15, 0.2) is 40.9 Å². The highest BCUT2D eigenvalue weighted by Gasteiger charge is 2.12. The largest absolute Gasteiger partial charge is 0.489 e. The standard InChI is InChI=1S/C16H14BrFO3/c1-10-7-12(4-6-14(10)17)21-9-11-3-5-13(15(18)8-11)16(19)20-2/h3-8H,9H2,1-2H3. The third-order valence-corrected chi connectivity index (χ3v) is 3.86. The predicted octanol–water partition coefficient (Wildman–Crippen LogP) is 4.26. The van der Waals surface area contributed by atoms with Gasteiger partial charge in [-0.1, -0.05) is 22.0 Å². The zero-order valence-corrected chi connectivity index (χ0v) is 13.2. The van der Waals surface area contributed by atoms with Crippen molar-refractivity contribution >= 4 is 21.9 Å². The van der Waals surface area contributed by atoms with Gasteiger partial charge in [-0.3, -0.25) is 0 Å². The van der Waals surface area contributed by atoms with Crippen molar-refractivity contribution in [1.82, 2.24) is 0 Å². The second kappa shape index (κ2) is 6.72. The molecule has 2 aromatic rings. The van der Waals surface area contributed by atoms with Crippen LogP contribution < -0.4 is 4.74 Å². The minimum Gasteiger partial charge on any atom is -0.489 e. The summed E-state index contributed by atoms with van der Waals surface area (Å²) in [4.78, 5) is 11.3. The summed E-state index contributed by atoms with van der Waals surface area (Å²) in [5, 5.41) is 0. The SMILES string of the molecule is COC(=O)c1ccc(COc2ccc(Br)c(C)c2)cc1F. The summed E-state index contributed by atoms with van der Waals surface area (Å²) in [7, 11) is 1.22. The number of halogens is 2. The van der Waals surface area contributed by atoms with Crippen LogP contribution in [0.5, 0.6) is 5.75 Å². The van der Waals surface area contributed by atoms with Gasteiger partial charge in [0.1, 0.15) is 18.2 Å². The minimum absolute atomic E-state index is 0.0827. The van der Waals surface area contributed by atoms with Crippen LogP contribution in [0.3, 0.4) is 0 Å². The van der Waals surface area contributed by atoms with Gasteiger partial charge in [0, 0.05) is 4.47 Å². The van der Waals surface area contributed by atoms with Crippen LogP contribution in [0, 0.1) is 12.7 Å². The molecule has 110 valence electrons. The lowest BCUT2D eigenvalue weighted by Crippen LogP contribution is -2.05. The van der Waals surface area contributed by atoms with Crippen LogP contribution >= 0.6 is 15.9 Å². The van der Waals surface area contributed by atoms with E-state index in [-0.39, 0.29) is 12.2 Å². The Hall–Kier alpha value is -1.88. The molecule has 3 nitrogen and oxygen atoms in total. The van der Waals surface area contributed by atoms with Gasteiger partial charge in [-0.2, -0.15) is 0 Å². The number of hydrogen-bond acceptors (Lipinski definition) is 3. The molecule has 0 radical (unpaired) electrons. The molecular weight excluding hydrogens is 339 g/mol. The van der Waals surface area contributed by atoms with Crippen molar-refractivity contribution in [3.8, 4) is 5.75 Å². The third-order valence-electron chi connectivity index (χ3n) is 2.97. The van der Waals surface area contributed by atoms with Gasteiger partial charge in [0.15, 0.2) is 0 Å². The molecule has 0 N–H and O–H groups in total. The minimum atomic E-state index is -0.691. The van der Waals surface area contributed by atoms with E-state index in [1.54, 1.807) is 6.07 Å². The summed E-state index contributed by atoms with van der Waals surface area (Å²) in [6, 6.07) is 9.93. The number of carbonyl (C=O) groups is 1. The number of esters is 1. The average molecular weight is 353 g/mol. The molecule has 2 rings (SSSR count). The van der Waals surface area contributed by atoms with Crippen molar-refractivity contribution < 1.29 is 18.7 Å². The fraction of sp³-hybridized carbons (Fsp3) is 0.188. The first-order chi connectivity index (χ1) is 10.0. The normalized spacial score (nSPS) is 10.3. The summed E-state index contributed by atoms with van der Waals surface area (Å²) < 4.78 is 24.9. The lowest BCUT2D eigenvalue weighted by molar-refractivity contribution is 0.0595. The van der Waals surface area contributed by atoms with Gasteiger partial charge in [0.25, 0.3) is 0 Å².